The van der Waals surface area contributed by atoms with E-state index >= 15 is 0 Å². The number of aryl methyl sites for hydroxylation is 1. The van der Waals surface area contributed by atoms with Crippen LogP contribution >= 0.6 is 15.9 Å². The van der Waals surface area contributed by atoms with Gasteiger partial charge in [-0.05, 0) is 36.8 Å². The van der Waals surface area contributed by atoms with Gasteiger partial charge in [0.1, 0.15) is 17.6 Å². The maximum absolute atomic E-state index is 12.3. The van der Waals surface area contributed by atoms with Crippen molar-refractivity contribution in [1.29, 1.82) is 0 Å². The molecule has 3 rings (SSSR count). The Morgan fingerprint density at radius 3 is 2.86 bits per heavy atom. The van der Waals surface area contributed by atoms with Crippen molar-refractivity contribution in [3.05, 3.63) is 64.3 Å². The summed E-state index contributed by atoms with van der Waals surface area (Å²) in [6.45, 7) is 1.93. The quantitative estimate of drug-likeness (QED) is 0.640. The minimum atomic E-state index is -0.0951. The van der Waals surface area contributed by atoms with E-state index in [2.05, 4.69) is 15.9 Å². The molecule has 0 amide bonds. The highest BCUT2D eigenvalue weighted by Gasteiger charge is 2.14. The normalized spacial score (nSPS) is 10.8. The van der Waals surface area contributed by atoms with Crippen LogP contribution < -0.4 is 4.74 Å². The van der Waals surface area contributed by atoms with Gasteiger partial charge < -0.3 is 9.15 Å². The SMILES string of the molecule is Cc1cc(Br)ccc1OCC(=O)c1coc2ccccc12. The number of halogens is 1. The third-order valence-electron chi connectivity index (χ3n) is 3.28. The molecule has 3 nitrogen and oxygen atoms in total. The second-order valence-corrected chi connectivity index (χ2v) is 5.68. The molecule has 0 unspecified atom stereocenters. The smallest absolute Gasteiger partial charge is 0.204 e. The molecule has 2 aromatic carbocycles. The number of furan rings is 1. The zero-order valence-electron chi connectivity index (χ0n) is 11.4. The zero-order chi connectivity index (χ0) is 14.8. The zero-order valence-corrected chi connectivity index (χ0v) is 13.0. The fourth-order valence-corrected chi connectivity index (χ4v) is 2.67. The summed E-state index contributed by atoms with van der Waals surface area (Å²) in [4.78, 5) is 12.3. The van der Waals surface area contributed by atoms with E-state index in [1.54, 1.807) is 0 Å². The van der Waals surface area contributed by atoms with Crippen LogP contribution in [0.25, 0.3) is 11.0 Å². The second-order valence-electron chi connectivity index (χ2n) is 4.77. The van der Waals surface area contributed by atoms with Gasteiger partial charge in [-0.15, -0.1) is 0 Å². The number of ether oxygens (including phenoxy) is 1. The van der Waals surface area contributed by atoms with Gasteiger partial charge in [-0.2, -0.15) is 0 Å². The first-order chi connectivity index (χ1) is 10.1. The van der Waals surface area contributed by atoms with Crippen LogP contribution in [-0.2, 0) is 0 Å². The molecule has 4 heteroatoms. The summed E-state index contributed by atoms with van der Waals surface area (Å²) < 4.78 is 12.0. The van der Waals surface area contributed by atoms with Gasteiger partial charge >= 0.3 is 0 Å². The average molecular weight is 345 g/mol. The van der Waals surface area contributed by atoms with E-state index in [9.17, 15) is 4.79 Å². The lowest BCUT2D eigenvalue weighted by Crippen LogP contribution is -2.11. The predicted octanol–water partition coefficient (Wildman–Crippen LogP) is 4.77. The monoisotopic (exact) mass is 344 g/mol. The molecule has 0 aliphatic rings. The van der Waals surface area contributed by atoms with Gasteiger partial charge in [0.25, 0.3) is 0 Å². The standard InChI is InChI=1S/C17H13BrO3/c1-11-8-12(18)6-7-16(11)21-10-15(19)14-9-20-17-5-3-2-4-13(14)17/h2-9H,10H2,1H3. The third kappa shape index (κ3) is 2.85. The fraction of sp³-hybridized carbons (Fsp3) is 0.118. The van der Waals surface area contributed by atoms with Gasteiger partial charge in [0, 0.05) is 9.86 Å². The van der Waals surface area contributed by atoms with Crippen LogP contribution in [-0.4, -0.2) is 12.4 Å². The van der Waals surface area contributed by atoms with Crippen LogP contribution in [0.15, 0.2) is 57.6 Å². The number of hydrogen-bond donors (Lipinski definition) is 0. The average Bonchev–Trinajstić information content (AvgIpc) is 2.90. The number of carbonyl (C=O) groups excluding carboxylic acids is 1. The molecule has 21 heavy (non-hydrogen) atoms. The Kier molecular flexibility index (Phi) is 3.80. The van der Waals surface area contributed by atoms with Crippen molar-refractivity contribution in [1.82, 2.24) is 0 Å². The van der Waals surface area contributed by atoms with Crippen LogP contribution in [0.1, 0.15) is 15.9 Å². The summed E-state index contributed by atoms with van der Waals surface area (Å²) in [5.74, 6) is 0.613. The maximum atomic E-state index is 12.3. The fourth-order valence-electron chi connectivity index (χ4n) is 2.19. The maximum Gasteiger partial charge on any atom is 0.204 e. The van der Waals surface area contributed by atoms with Crippen molar-refractivity contribution in [2.24, 2.45) is 0 Å². The molecule has 0 fully saturated rings. The number of benzene rings is 2. The molecule has 0 bridgehead atoms. The number of rotatable bonds is 4. The molecular formula is C17H13BrO3. The van der Waals surface area contributed by atoms with E-state index in [4.69, 9.17) is 9.15 Å². The molecule has 0 saturated heterocycles. The van der Waals surface area contributed by atoms with Crippen molar-refractivity contribution in [3.8, 4) is 5.75 Å². The Morgan fingerprint density at radius 2 is 2.05 bits per heavy atom. The lowest BCUT2D eigenvalue weighted by atomic mass is 10.1. The van der Waals surface area contributed by atoms with Gasteiger partial charge in [-0.3, -0.25) is 4.79 Å². The number of para-hydroxylation sites is 1. The topological polar surface area (TPSA) is 39.4 Å². The molecule has 0 aliphatic carbocycles. The summed E-state index contributed by atoms with van der Waals surface area (Å²) in [7, 11) is 0. The lowest BCUT2D eigenvalue weighted by Gasteiger charge is -2.08. The summed E-state index contributed by atoms with van der Waals surface area (Å²) >= 11 is 3.40. The summed E-state index contributed by atoms with van der Waals surface area (Å²) in [5, 5.41) is 0.818. The van der Waals surface area contributed by atoms with Gasteiger partial charge in [0.2, 0.25) is 5.78 Å². The van der Waals surface area contributed by atoms with E-state index in [-0.39, 0.29) is 12.4 Å². The Labute approximate surface area is 130 Å². The molecule has 0 spiro atoms. The van der Waals surface area contributed by atoms with Gasteiger partial charge in [-0.1, -0.05) is 34.1 Å². The predicted molar refractivity (Wildman–Crippen MR) is 84.9 cm³/mol. The van der Waals surface area contributed by atoms with Crippen LogP contribution in [0.4, 0.5) is 0 Å². The number of Topliss-reactive ketones (excluding diaryl/α,β-unsaturated/α-hetero) is 1. The second kappa shape index (κ2) is 5.74. The Hall–Kier alpha value is -2.07. The Bertz CT molecular complexity index is 805. The third-order valence-corrected chi connectivity index (χ3v) is 3.77. The largest absolute Gasteiger partial charge is 0.485 e. The molecule has 0 N–H and O–H groups in total. The van der Waals surface area contributed by atoms with E-state index < -0.39 is 0 Å². The summed E-state index contributed by atoms with van der Waals surface area (Å²) in [6, 6.07) is 13.2. The van der Waals surface area contributed by atoms with Crippen LogP contribution in [0, 0.1) is 6.92 Å². The molecule has 3 aromatic rings. The first kappa shape index (κ1) is 13.9. The Balaban J connectivity index is 1.77. The summed E-state index contributed by atoms with van der Waals surface area (Å²) in [6.07, 6.45) is 1.49. The van der Waals surface area contributed by atoms with Crippen molar-refractivity contribution in [2.45, 2.75) is 6.92 Å². The highest BCUT2D eigenvalue weighted by molar-refractivity contribution is 9.10. The van der Waals surface area contributed by atoms with Gasteiger partial charge in [0.05, 0.1) is 5.56 Å². The Morgan fingerprint density at radius 1 is 1.24 bits per heavy atom. The van der Waals surface area contributed by atoms with Crippen LogP contribution in [0.5, 0.6) is 5.75 Å². The molecule has 106 valence electrons. The van der Waals surface area contributed by atoms with Gasteiger partial charge in [-0.25, -0.2) is 0 Å². The summed E-state index contributed by atoms with van der Waals surface area (Å²) in [5.41, 5.74) is 2.25. The number of ketones is 1. The van der Waals surface area contributed by atoms with Crippen LogP contribution in [0.3, 0.4) is 0 Å². The van der Waals surface area contributed by atoms with Crippen molar-refractivity contribution < 1.29 is 13.9 Å². The number of hydrogen-bond acceptors (Lipinski definition) is 3. The first-order valence-electron chi connectivity index (χ1n) is 6.53. The van der Waals surface area contributed by atoms with Crippen molar-refractivity contribution >= 4 is 32.7 Å². The molecule has 0 aliphatic heterocycles. The van der Waals surface area contributed by atoms with E-state index in [1.165, 1.54) is 6.26 Å². The van der Waals surface area contributed by atoms with E-state index in [0.717, 1.165) is 15.4 Å². The molecule has 0 saturated carbocycles. The minimum absolute atomic E-state index is 0.00794. The van der Waals surface area contributed by atoms with E-state index in [1.807, 2.05) is 49.4 Å². The number of fused-ring (bicyclic) bond motifs is 1. The van der Waals surface area contributed by atoms with E-state index in [0.29, 0.717) is 16.9 Å². The number of carbonyl (C=O) groups is 1. The van der Waals surface area contributed by atoms with Gasteiger partial charge in [0.15, 0.2) is 6.61 Å². The van der Waals surface area contributed by atoms with Crippen molar-refractivity contribution in [3.63, 3.8) is 0 Å². The minimum Gasteiger partial charge on any atom is -0.485 e. The van der Waals surface area contributed by atoms with Crippen molar-refractivity contribution in [2.75, 3.05) is 6.61 Å². The molecular weight excluding hydrogens is 332 g/mol. The first-order valence-corrected chi connectivity index (χ1v) is 7.33. The highest BCUT2D eigenvalue weighted by atomic mass is 79.9. The molecule has 1 aromatic heterocycles. The molecule has 0 atom stereocenters. The highest BCUT2D eigenvalue weighted by Crippen LogP contribution is 2.24. The molecule has 0 radical (unpaired) electrons. The van der Waals surface area contributed by atoms with Crippen LogP contribution in [0.2, 0.25) is 0 Å². The lowest BCUT2D eigenvalue weighted by molar-refractivity contribution is 0.0922. The molecule has 1 heterocycles.